The average molecular weight is 400 g/mol. The molecule has 2 aromatic carbocycles. The number of carbonyl (C=O) groups excluding carboxylic acids is 1. The molecular weight excluding hydrogens is 389 g/mol. The molecule has 8 nitrogen and oxygen atoms in total. The van der Waals surface area contributed by atoms with Crippen LogP contribution in [0.3, 0.4) is 0 Å². The maximum absolute atomic E-state index is 14.5. The molecule has 1 amide bonds. The number of hydrogen-bond acceptors (Lipinski definition) is 5. The van der Waals surface area contributed by atoms with Crippen LogP contribution in [-0.2, 0) is 0 Å². The van der Waals surface area contributed by atoms with Gasteiger partial charge in [0.05, 0.1) is 10.7 Å². The highest BCUT2D eigenvalue weighted by molar-refractivity contribution is 6.30. The molecular formula is C18H11ClFN5O3. The number of nitrogens with two attached hydrogens (primary N) is 1. The lowest BCUT2D eigenvalue weighted by Crippen LogP contribution is -2.16. The van der Waals surface area contributed by atoms with Crippen molar-refractivity contribution < 1.29 is 14.3 Å². The predicted octanol–water partition coefficient (Wildman–Crippen LogP) is 2.37. The Morgan fingerprint density at radius 2 is 1.96 bits per heavy atom. The van der Waals surface area contributed by atoms with Gasteiger partial charge in [0.2, 0.25) is 0 Å². The van der Waals surface area contributed by atoms with Gasteiger partial charge in [0.15, 0.2) is 23.0 Å². The molecule has 0 aliphatic carbocycles. The molecule has 0 aliphatic rings. The van der Waals surface area contributed by atoms with Crippen LogP contribution in [0, 0.1) is 5.82 Å². The molecule has 10 heteroatoms. The van der Waals surface area contributed by atoms with E-state index in [1.807, 2.05) is 0 Å². The molecule has 0 saturated carbocycles. The van der Waals surface area contributed by atoms with E-state index < -0.39 is 17.4 Å². The van der Waals surface area contributed by atoms with Crippen molar-refractivity contribution in [3.05, 3.63) is 69.5 Å². The Morgan fingerprint density at radius 1 is 1.21 bits per heavy atom. The van der Waals surface area contributed by atoms with E-state index in [9.17, 15) is 19.1 Å². The molecule has 0 fully saturated rings. The molecule has 4 aromatic rings. The van der Waals surface area contributed by atoms with Crippen molar-refractivity contribution in [3.63, 3.8) is 0 Å². The minimum atomic E-state index is -0.909. The number of primary amides is 1. The van der Waals surface area contributed by atoms with E-state index in [2.05, 4.69) is 15.0 Å². The van der Waals surface area contributed by atoms with E-state index in [1.54, 1.807) is 12.1 Å². The van der Waals surface area contributed by atoms with Gasteiger partial charge in [0.25, 0.3) is 5.91 Å². The van der Waals surface area contributed by atoms with E-state index in [-0.39, 0.29) is 39.1 Å². The number of benzene rings is 2. The SMILES string of the molecule is NC(=O)c1nc(-c2cccc(O)c2)nc2c1[nH]c(=O)n2-c1cccc(Cl)c1F. The highest BCUT2D eigenvalue weighted by atomic mass is 35.5. The summed E-state index contributed by atoms with van der Waals surface area (Å²) in [6.07, 6.45) is 0. The third-order valence-corrected chi connectivity index (χ3v) is 4.34. The van der Waals surface area contributed by atoms with Gasteiger partial charge in [-0.15, -0.1) is 0 Å². The molecule has 0 atom stereocenters. The Kier molecular flexibility index (Phi) is 4.08. The summed E-state index contributed by atoms with van der Waals surface area (Å²) >= 11 is 5.83. The number of rotatable bonds is 3. The number of hydrogen-bond donors (Lipinski definition) is 3. The fraction of sp³-hybridized carbons (Fsp3) is 0. The quantitative estimate of drug-likeness (QED) is 0.487. The van der Waals surface area contributed by atoms with Crippen LogP contribution in [-0.4, -0.2) is 30.5 Å². The van der Waals surface area contributed by atoms with Crippen molar-refractivity contribution in [2.45, 2.75) is 0 Å². The first-order valence-electron chi connectivity index (χ1n) is 7.93. The van der Waals surface area contributed by atoms with Crippen LogP contribution in [0.5, 0.6) is 5.75 Å². The number of carbonyl (C=O) groups is 1. The van der Waals surface area contributed by atoms with Crippen LogP contribution in [0.2, 0.25) is 5.02 Å². The summed E-state index contributed by atoms with van der Waals surface area (Å²) in [5.41, 5.74) is 4.52. The van der Waals surface area contributed by atoms with Crippen LogP contribution >= 0.6 is 11.6 Å². The number of H-pyrrole nitrogens is 1. The van der Waals surface area contributed by atoms with Crippen molar-refractivity contribution >= 4 is 28.7 Å². The smallest absolute Gasteiger partial charge is 0.332 e. The summed E-state index contributed by atoms with van der Waals surface area (Å²) in [6.45, 7) is 0. The van der Waals surface area contributed by atoms with Crippen LogP contribution in [0.15, 0.2) is 47.3 Å². The molecule has 0 saturated heterocycles. The summed E-state index contributed by atoms with van der Waals surface area (Å²) in [5, 5.41) is 9.51. The number of halogens is 2. The van der Waals surface area contributed by atoms with E-state index in [0.717, 1.165) is 4.57 Å². The van der Waals surface area contributed by atoms with Gasteiger partial charge in [-0.25, -0.2) is 23.7 Å². The second-order valence-electron chi connectivity index (χ2n) is 5.85. The molecule has 0 unspecified atom stereocenters. The third kappa shape index (κ3) is 2.78. The number of phenols is 1. The molecule has 140 valence electrons. The number of nitrogens with zero attached hydrogens (tertiary/aromatic N) is 3. The summed E-state index contributed by atoms with van der Waals surface area (Å²) in [4.78, 5) is 35.2. The lowest BCUT2D eigenvalue weighted by Gasteiger charge is -2.08. The molecule has 2 aromatic heterocycles. The Bertz CT molecular complexity index is 1310. The summed E-state index contributed by atoms with van der Waals surface area (Å²) < 4.78 is 15.5. The Hall–Kier alpha value is -3.72. The standard InChI is InChI=1S/C18H11ClFN5O3/c19-10-5-2-6-11(12(10)20)25-17-14(23-18(25)28)13(15(21)27)22-16(24-17)8-3-1-4-9(26)7-8/h1-7,26H,(H2,21,27)(H,23,28). The largest absolute Gasteiger partial charge is 0.508 e. The maximum Gasteiger partial charge on any atom is 0.332 e. The fourth-order valence-electron chi connectivity index (χ4n) is 2.83. The first-order valence-corrected chi connectivity index (χ1v) is 8.31. The number of aromatic hydroxyl groups is 1. The Balaban J connectivity index is 2.10. The van der Waals surface area contributed by atoms with Gasteiger partial charge in [-0.05, 0) is 24.3 Å². The Labute approximate surface area is 161 Å². The normalized spacial score (nSPS) is 11.1. The van der Waals surface area contributed by atoms with E-state index in [4.69, 9.17) is 17.3 Å². The molecule has 0 aliphatic heterocycles. The summed E-state index contributed by atoms with van der Waals surface area (Å²) in [6, 6.07) is 10.1. The lowest BCUT2D eigenvalue weighted by atomic mass is 10.2. The van der Waals surface area contributed by atoms with Gasteiger partial charge < -0.3 is 15.8 Å². The highest BCUT2D eigenvalue weighted by Gasteiger charge is 2.22. The minimum absolute atomic E-state index is 0.0207. The van der Waals surface area contributed by atoms with Crippen molar-refractivity contribution in [1.82, 2.24) is 19.5 Å². The molecule has 2 heterocycles. The van der Waals surface area contributed by atoms with Gasteiger partial charge in [-0.3, -0.25) is 4.79 Å². The zero-order valence-electron chi connectivity index (χ0n) is 14.0. The molecule has 0 spiro atoms. The average Bonchev–Trinajstić information content (AvgIpc) is 2.98. The van der Waals surface area contributed by atoms with Gasteiger partial charge in [0.1, 0.15) is 11.3 Å². The van der Waals surface area contributed by atoms with Gasteiger partial charge in [-0.2, -0.15) is 0 Å². The molecule has 28 heavy (non-hydrogen) atoms. The number of amides is 1. The highest BCUT2D eigenvalue weighted by Crippen LogP contribution is 2.26. The van der Waals surface area contributed by atoms with Crippen LogP contribution < -0.4 is 11.4 Å². The van der Waals surface area contributed by atoms with Crippen LogP contribution in [0.1, 0.15) is 10.5 Å². The van der Waals surface area contributed by atoms with Crippen molar-refractivity contribution in [2.75, 3.05) is 0 Å². The Morgan fingerprint density at radius 3 is 2.68 bits per heavy atom. The first kappa shape index (κ1) is 17.7. The summed E-state index contributed by atoms with van der Waals surface area (Å²) in [5.74, 6) is -1.76. The number of fused-ring (bicyclic) bond motifs is 1. The number of imidazole rings is 1. The van der Waals surface area contributed by atoms with Crippen molar-refractivity contribution in [2.24, 2.45) is 5.73 Å². The second-order valence-corrected chi connectivity index (χ2v) is 6.25. The van der Waals surface area contributed by atoms with E-state index >= 15 is 0 Å². The fourth-order valence-corrected chi connectivity index (χ4v) is 3.00. The van der Waals surface area contributed by atoms with E-state index in [1.165, 1.54) is 30.3 Å². The van der Waals surface area contributed by atoms with Crippen molar-refractivity contribution in [1.29, 1.82) is 0 Å². The van der Waals surface area contributed by atoms with Crippen molar-refractivity contribution in [3.8, 4) is 22.8 Å². The van der Waals surface area contributed by atoms with Gasteiger partial charge in [0, 0.05) is 5.56 Å². The second kappa shape index (κ2) is 6.46. The van der Waals surface area contributed by atoms with Crippen LogP contribution in [0.4, 0.5) is 4.39 Å². The molecule has 0 bridgehead atoms. The zero-order valence-corrected chi connectivity index (χ0v) is 14.7. The number of nitrogens with one attached hydrogen (secondary N) is 1. The monoisotopic (exact) mass is 399 g/mol. The number of aromatic amines is 1. The molecule has 4 N–H and O–H groups in total. The minimum Gasteiger partial charge on any atom is -0.508 e. The zero-order chi connectivity index (χ0) is 20.0. The van der Waals surface area contributed by atoms with Gasteiger partial charge in [-0.1, -0.05) is 29.8 Å². The number of phenolic OH excluding ortho intramolecular Hbond substituents is 1. The molecule has 0 radical (unpaired) electrons. The third-order valence-electron chi connectivity index (χ3n) is 4.05. The maximum atomic E-state index is 14.5. The summed E-state index contributed by atoms with van der Waals surface area (Å²) in [7, 11) is 0. The predicted molar refractivity (Wildman–Crippen MR) is 100 cm³/mol. The number of aromatic nitrogens is 4. The van der Waals surface area contributed by atoms with E-state index in [0.29, 0.717) is 5.56 Å². The van der Waals surface area contributed by atoms with Crippen LogP contribution in [0.25, 0.3) is 28.2 Å². The topological polar surface area (TPSA) is 127 Å². The molecule has 4 rings (SSSR count). The van der Waals surface area contributed by atoms with Gasteiger partial charge >= 0.3 is 5.69 Å². The lowest BCUT2D eigenvalue weighted by molar-refractivity contribution is 0.0997. The first-order chi connectivity index (χ1) is 13.4.